The first-order chi connectivity index (χ1) is 10.1. The lowest BCUT2D eigenvalue weighted by molar-refractivity contribution is 0.0691. The van der Waals surface area contributed by atoms with Gasteiger partial charge in [-0.1, -0.05) is 12.1 Å². The van der Waals surface area contributed by atoms with Gasteiger partial charge in [0.1, 0.15) is 5.01 Å². The molecule has 0 spiro atoms. The number of carboxylic acids is 1. The summed E-state index contributed by atoms with van der Waals surface area (Å²) < 4.78 is 0. The Kier molecular flexibility index (Phi) is 5.18. The standard InChI is InChI=1S/C13H13N3O3S2/c1-20-10-5-3-2-4-8(10)16-13(19)14-6-11-15-9(7-21-11)12(17)18/h2-5,7H,6H2,1H3,(H,17,18)(H2,14,16,19). The van der Waals surface area contributed by atoms with Gasteiger partial charge in [0.15, 0.2) is 5.69 Å². The summed E-state index contributed by atoms with van der Waals surface area (Å²) >= 11 is 2.74. The highest BCUT2D eigenvalue weighted by Gasteiger charge is 2.10. The van der Waals surface area contributed by atoms with Crippen molar-refractivity contribution >= 4 is 40.8 Å². The maximum atomic E-state index is 11.8. The first-order valence-electron chi connectivity index (χ1n) is 5.95. The monoisotopic (exact) mass is 323 g/mol. The van der Waals surface area contributed by atoms with Gasteiger partial charge in [-0.2, -0.15) is 0 Å². The Labute approximate surface area is 129 Å². The molecule has 0 bridgehead atoms. The van der Waals surface area contributed by atoms with Crippen molar-refractivity contribution in [1.82, 2.24) is 10.3 Å². The van der Waals surface area contributed by atoms with Gasteiger partial charge in [-0.05, 0) is 18.4 Å². The predicted octanol–water partition coefficient (Wildman–Crippen LogP) is 2.88. The van der Waals surface area contributed by atoms with Gasteiger partial charge in [-0.3, -0.25) is 0 Å². The Hall–Kier alpha value is -2.06. The number of benzene rings is 1. The molecule has 6 nitrogen and oxygen atoms in total. The minimum atomic E-state index is -1.07. The van der Waals surface area contributed by atoms with Crippen LogP contribution in [0.25, 0.3) is 0 Å². The van der Waals surface area contributed by atoms with Crippen molar-refractivity contribution in [2.24, 2.45) is 0 Å². The number of carboxylic acid groups (broad SMARTS) is 1. The molecule has 1 heterocycles. The second-order valence-corrected chi connectivity index (χ2v) is 5.73. The van der Waals surface area contributed by atoms with Crippen LogP contribution in [0.2, 0.25) is 0 Å². The molecule has 8 heteroatoms. The zero-order valence-corrected chi connectivity index (χ0v) is 12.8. The molecule has 0 aliphatic carbocycles. The van der Waals surface area contributed by atoms with E-state index in [0.717, 1.165) is 10.6 Å². The number of aromatic nitrogens is 1. The van der Waals surface area contributed by atoms with Crippen molar-refractivity contribution in [2.45, 2.75) is 11.4 Å². The van der Waals surface area contributed by atoms with Gasteiger partial charge in [0.25, 0.3) is 0 Å². The van der Waals surface area contributed by atoms with Crippen molar-refractivity contribution in [3.8, 4) is 0 Å². The number of hydrogen-bond donors (Lipinski definition) is 3. The summed E-state index contributed by atoms with van der Waals surface area (Å²) in [7, 11) is 0. The van der Waals surface area contributed by atoms with Gasteiger partial charge in [0, 0.05) is 10.3 Å². The molecule has 1 aromatic carbocycles. The van der Waals surface area contributed by atoms with Crippen LogP contribution in [0, 0.1) is 0 Å². The van der Waals surface area contributed by atoms with Gasteiger partial charge in [0.2, 0.25) is 0 Å². The molecule has 0 atom stereocenters. The molecule has 2 rings (SSSR count). The number of para-hydroxylation sites is 1. The fourth-order valence-corrected chi connectivity index (χ4v) is 2.82. The molecule has 0 aliphatic rings. The van der Waals surface area contributed by atoms with E-state index in [0.29, 0.717) is 5.01 Å². The molecule has 0 radical (unpaired) electrons. The van der Waals surface area contributed by atoms with Crippen LogP contribution < -0.4 is 10.6 Å². The molecule has 110 valence electrons. The van der Waals surface area contributed by atoms with E-state index in [2.05, 4.69) is 15.6 Å². The Morgan fingerprint density at radius 1 is 1.38 bits per heavy atom. The van der Waals surface area contributed by atoms with Crippen molar-refractivity contribution < 1.29 is 14.7 Å². The average molecular weight is 323 g/mol. The van der Waals surface area contributed by atoms with Crippen LogP contribution in [0.5, 0.6) is 0 Å². The second kappa shape index (κ2) is 7.09. The molecular weight excluding hydrogens is 310 g/mol. The number of nitrogens with zero attached hydrogens (tertiary/aromatic N) is 1. The quantitative estimate of drug-likeness (QED) is 0.736. The van der Waals surface area contributed by atoms with Crippen LogP contribution in [0.15, 0.2) is 34.5 Å². The van der Waals surface area contributed by atoms with Crippen molar-refractivity contribution in [1.29, 1.82) is 0 Å². The van der Waals surface area contributed by atoms with E-state index in [-0.39, 0.29) is 18.3 Å². The molecule has 0 saturated heterocycles. The Bertz CT molecular complexity index is 658. The molecule has 0 fully saturated rings. The number of aromatic carboxylic acids is 1. The van der Waals surface area contributed by atoms with Crippen LogP contribution >= 0.6 is 23.1 Å². The van der Waals surface area contributed by atoms with E-state index >= 15 is 0 Å². The molecule has 3 N–H and O–H groups in total. The minimum absolute atomic E-state index is 0.00932. The lowest BCUT2D eigenvalue weighted by Crippen LogP contribution is -2.28. The maximum absolute atomic E-state index is 11.8. The van der Waals surface area contributed by atoms with Crippen LogP contribution in [0.4, 0.5) is 10.5 Å². The normalized spacial score (nSPS) is 10.1. The highest BCUT2D eigenvalue weighted by Crippen LogP contribution is 2.24. The Morgan fingerprint density at radius 2 is 2.14 bits per heavy atom. The van der Waals surface area contributed by atoms with Gasteiger partial charge < -0.3 is 15.7 Å². The molecule has 0 saturated carbocycles. The highest BCUT2D eigenvalue weighted by atomic mass is 32.2. The molecular formula is C13H13N3O3S2. The maximum Gasteiger partial charge on any atom is 0.355 e. The number of amides is 2. The lowest BCUT2D eigenvalue weighted by Gasteiger charge is -2.09. The van der Waals surface area contributed by atoms with Gasteiger partial charge in [0.05, 0.1) is 12.2 Å². The first kappa shape index (κ1) is 15.3. The van der Waals surface area contributed by atoms with E-state index in [4.69, 9.17) is 5.11 Å². The zero-order chi connectivity index (χ0) is 15.2. The SMILES string of the molecule is CSc1ccccc1NC(=O)NCc1nc(C(=O)O)cs1. The van der Waals surface area contributed by atoms with Crippen molar-refractivity contribution in [3.63, 3.8) is 0 Å². The fourth-order valence-electron chi connectivity index (χ4n) is 1.56. The third-order valence-electron chi connectivity index (χ3n) is 2.53. The molecule has 0 unspecified atom stereocenters. The summed E-state index contributed by atoms with van der Waals surface area (Å²) in [5.74, 6) is -1.07. The smallest absolute Gasteiger partial charge is 0.355 e. The molecule has 1 aromatic heterocycles. The van der Waals surface area contributed by atoms with E-state index in [1.165, 1.54) is 16.7 Å². The first-order valence-corrected chi connectivity index (χ1v) is 8.06. The summed E-state index contributed by atoms with van der Waals surface area (Å²) in [6, 6.07) is 7.12. The largest absolute Gasteiger partial charge is 0.476 e. The number of rotatable bonds is 5. The summed E-state index contributed by atoms with van der Waals surface area (Å²) in [5.41, 5.74) is 0.720. The summed E-state index contributed by atoms with van der Waals surface area (Å²) in [6.07, 6.45) is 1.93. The van der Waals surface area contributed by atoms with Gasteiger partial charge >= 0.3 is 12.0 Å². The number of carbonyl (C=O) groups excluding carboxylic acids is 1. The topological polar surface area (TPSA) is 91.3 Å². The molecule has 2 aromatic rings. The fraction of sp³-hybridized carbons (Fsp3) is 0.154. The zero-order valence-electron chi connectivity index (χ0n) is 11.1. The summed E-state index contributed by atoms with van der Waals surface area (Å²) in [5, 5.41) is 16.2. The second-order valence-electron chi connectivity index (χ2n) is 3.94. The van der Waals surface area contributed by atoms with E-state index in [1.54, 1.807) is 11.8 Å². The van der Waals surface area contributed by atoms with E-state index in [1.807, 2.05) is 30.5 Å². The van der Waals surface area contributed by atoms with Crippen molar-refractivity contribution in [3.05, 3.63) is 40.3 Å². The van der Waals surface area contributed by atoms with Gasteiger partial charge in [-0.15, -0.1) is 23.1 Å². The number of nitrogens with one attached hydrogen (secondary N) is 2. The van der Waals surface area contributed by atoms with Crippen LogP contribution in [-0.4, -0.2) is 28.3 Å². The van der Waals surface area contributed by atoms with E-state index < -0.39 is 5.97 Å². The number of thioether (sulfide) groups is 1. The highest BCUT2D eigenvalue weighted by molar-refractivity contribution is 7.98. The molecule has 0 aliphatic heterocycles. The van der Waals surface area contributed by atoms with Crippen molar-refractivity contribution in [2.75, 3.05) is 11.6 Å². The number of urea groups is 1. The summed E-state index contributed by atoms with van der Waals surface area (Å²) in [4.78, 5) is 27.4. The number of carbonyl (C=O) groups is 2. The summed E-state index contributed by atoms with van der Waals surface area (Å²) in [6.45, 7) is 0.186. The average Bonchev–Trinajstić information content (AvgIpc) is 2.95. The van der Waals surface area contributed by atoms with Crippen LogP contribution in [-0.2, 0) is 6.54 Å². The Balaban J connectivity index is 1.91. The Morgan fingerprint density at radius 3 is 2.81 bits per heavy atom. The third kappa shape index (κ3) is 4.20. The molecule has 2 amide bonds. The van der Waals surface area contributed by atoms with Gasteiger partial charge in [-0.25, -0.2) is 14.6 Å². The number of thiazole rings is 1. The predicted molar refractivity (Wildman–Crippen MR) is 83.2 cm³/mol. The van der Waals surface area contributed by atoms with Crippen LogP contribution in [0.3, 0.4) is 0 Å². The van der Waals surface area contributed by atoms with E-state index in [9.17, 15) is 9.59 Å². The molecule has 21 heavy (non-hydrogen) atoms. The third-order valence-corrected chi connectivity index (χ3v) is 4.17. The lowest BCUT2D eigenvalue weighted by atomic mass is 10.3. The number of anilines is 1. The number of hydrogen-bond acceptors (Lipinski definition) is 5. The van der Waals surface area contributed by atoms with Crippen LogP contribution in [0.1, 0.15) is 15.5 Å². The minimum Gasteiger partial charge on any atom is -0.476 e.